The quantitative estimate of drug-likeness (QED) is 0.174. The van der Waals surface area contributed by atoms with Crippen LogP contribution in [0, 0.1) is 12.1 Å². The molecule has 1 radical (unpaired) electrons. The van der Waals surface area contributed by atoms with Crippen molar-refractivity contribution in [2.75, 3.05) is 0 Å². The molecule has 0 aliphatic carbocycles. The third-order valence-corrected chi connectivity index (χ3v) is 7.01. The summed E-state index contributed by atoms with van der Waals surface area (Å²) in [4.78, 5) is 9.17. The molecule has 0 N–H and O–H groups in total. The van der Waals surface area contributed by atoms with Crippen LogP contribution in [0.5, 0.6) is 0 Å². The number of nitrogens with zero attached hydrogens (tertiary/aromatic N) is 2. The van der Waals surface area contributed by atoms with Gasteiger partial charge in [0.25, 0.3) is 0 Å². The molecule has 0 unspecified atom stereocenters. The van der Waals surface area contributed by atoms with Crippen molar-refractivity contribution in [3.05, 3.63) is 134 Å². The molecule has 36 heavy (non-hydrogen) atoms. The Hall–Kier alpha value is -3.69. The van der Waals surface area contributed by atoms with E-state index in [1.54, 1.807) is 6.20 Å². The smallest absolute Gasteiger partial charge is 0.0602 e. The van der Waals surface area contributed by atoms with Crippen LogP contribution >= 0.6 is 11.3 Å². The first-order valence-electron chi connectivity index (χ1n) is 11.4. The van der Waals surface area contributed by atoms with Crippen molar-refractivity contribution in [1.29, 1.82) is 0 Å². The van der Waals surface area contributed by atoms with Crippen LogP contribution in [-0.2, 0) is 20.1 Å². The summed E-state index contributed by atoms with van der Waals surface area (Å²) in [5.74, 6) is 0. The van der Waals surface area contributed by atoms with Gasteiger partial charge in [-0.2, -0.15) is 0 Å². The van der Waals surface area contributed by atoms with Gasteiger partial charge in [0.15, 0.2) is 0 Å². The average Bonchev–Trinajstić information content (AvgIpc) is 3.34. The van der Waals surface area contributed by atoms with Crippen LogP contribution in [0.1, 0.15) is 0 Å². The van der Waals surface area contributed by atoms with Gasteiger partial charge in [-0.1, -0.05) is 48.5 Å². The van der Waals surface area contributed by atoms with Crippen molar-refractivity contribution in [2.24, 2.45) is 0 Å². The van der Waals surface area contributed by atoms with Crippen molar-refractivity contribution < 1.29 is 20.1 Å². The standard InChI is InChI=1S/C21H12NS.C11H8N.Ir/c1-2-8-14(9-3-1)20-21-19(15-10-4-6-12-17(15)22-20)16-11-5-7-13-18(16)23-21;1-2-6-10(7-3-1)11-8-4-5-9-12-11;/h1-8,10-13H;1-6,8-9H;/q2*-1;. The summed E-state index contributed by atoms with van der Waals surface area (Å²) in [6.07, 6.45) is 1.79. The summed E-state index contributed by atoms with van der Waals surface area (Å²) in [5, 5.41) is 3.84. The van der Waals surface area contributed by atoms with E-state index >= 15 is 0 Å². The molecule has 175 valence electrons. The van der Waals surface area contributed by atoms with Gasteiger partial charge in [-0.3, -0.25) is 4.98 Å². The van der Waals surface area contributed by atoms with Crippen LogP contribution in [0.2, 0.25) is 0 Å². The fourth-order valence-corrected chi connectivity index (χ4v) is 5.45. The van der Waals surface area contributed by atoms with Crippen LogP contribution in [0.25, 0.3) is 53.6 Å². The minimum Gasteiger partial charge on any atom is -0.305 e. The third kappa shape index (κ3) is 4.72. The monoisotopic (exact) mass is 657 g/mol. The van der Waals surface area contributed by atoms with Crippen LogP contribution in [0.15, 0.2) is 121 Å². The number of hydrogen-bond acceptors (Lipinski definition) is 3. The van der Waals surface area contributed by atoms with E-state index in [1.807, 2.05) is 78.1 Å². The molecular formula is C32H20IrN2S-2. The maximum absolute atomic E-state index is 4.95. The number of hydrogen-bond donors (Lipinski definition) is 0. The molecule has 2 nitrogen and oxygen atoms in total. The third-order valence-electron chi connectivity index (χ3n) is 5.83. The van der Waals surface area contributed by atoms with E-state index in [-0.39, 0.29) is 20.1 Å². The zero-order valence-electron chi connectivity index (χ0n) is 19.2. The molecule has 4 aromatic carbocycles. The number of para-hydroxylation sites is 1. The summed E-state index contributed by atoms with van der Waals surface area (Å²) in [6, 6.07) is 45.2. The average molecular weight is 657 g/mol. The summed E-state index contributed by atoms with van der Waals surface area (Å²) in [5.41, 5.74) is 5.13. The Morgan fingerprint density at radius 1 is 0.611 bits per heavy atom. The fourth-order valence-electron chi connectivity index (χ4n) is 4.23. The molecule has 0 saturated carbocycles. The van der Waals surface area contributed by atoms with Crippen LogP contribution < -0.4 is 0 Å². The van der Waals surface area contributed by atoms with Crippen LogP contribution in [0.3, 0.4) is 0 Å². The van der Waals surface area contributed by atoms with Gasteiger partial charge in [0, 0.05) is 57.6 Å². The van der Waals surface area contributed by atoms with E-state index in [0.717, 1.165) is 28.0 Å². The molecule has 0 bridgehead atoms. The van der Waals surface area contributed by atoms with Gasteiger partial charge < -0.3 is 4.98 Å². The Morgan fingerprint density at radius 2 is 1.28 bits per heavy atom. The van der Waals surface area contributed by atoms with E-state index in [1.165, 1.54) is 25.6 Å². The van der Waals surface area contributed by atoms with Gasteiger partial charge in [0.05, 0.1) is 5.52 Å². The zero-order chi connectivity index (χ0) is 23.5. The molecule has 0 spiro atoms. The second-order valence-corrected chi connectivity index (χ2v) is 9.10. The fraction of sp³-hybridized carbons (Fsp3) is 0. The van der Waals surface area contributed by atoms with Gasteiger partial charge in [-0.05, 0) is 23.9 Å². The van der Waals surface area contributed by atoms with Crippen molar-refractivity contribution in [2.45, 2.75) is 0 Å². The van der Waals surface area contributed by atoms with Crippen LogP contribution in [-0.4, -0.2) is 9.97 Å². The number of benzene rings is 4. The van der Waals surface area contributed by atoms with Crippen molar-refractivity contribution in [3.8, 4) is 22.5 Å². The maximum Gasteiger partial charge on any atom is 0.0602 e. The summed E-state index contributed by atoms with van der Waals surface area (Å²) in [7, 11) is 0. The Balaban J connectivity index is 0.000000175. The Labute approximate surface area is 227 Å². The number of aromatic nitrogens is 2. The molecule has 0 saturated heterocycles. The van der Waals surface area contributed by atoms with Gasteiger partial charge in [0.1, 0.15) is 0 Å². The van der Waals surface area contributed by atoms with E-state index in [9.17, 15) is 0 Å². The number of fused-ring (bicyclic) bond motifs is 5. The molecule has 0 atom stereocenters. The van der Waals surface area contributed by atoms with Gasteiger partial charge in [-0.25, -0.2) is 0 Å². The van der Waals surface area contributed by atoms with E-state index in [0.29, 0.717) is 0 Å². The van der Waals surface area contributed by atoms with Gasteiger partial charge in [0.2, 0.25) is 0 Å². The van der Waals surface area contributed by atoms with E-state index in [2.05, 4.69) is 65.6 Å². The second kappa shape index (κ2) is 10.9. The predicted octanol–water partition coefficient (Wildman–Crippen LogP) is 8.62. The molecule has 0 amide bonds. The molecule has 0 aliphatic rings. The summed E-state index contributed by atoms with van der Waals surface area (Å²) >= 11 is 1.82. The van der Waals surface area contributed by atoms with Gasteiger partial charge >= 0.3 is 0 Å². The second-order valence-electron chi connectivity index (χ2n) is 8.05. The Kier molecular flexibility index (Phi) is 7.29. The molecule has 4 heteroatoms. The van der Waals surface area contributed by atoms with Crippen molar-refractivity contribution in [3.63, 3.8) is 0 Å². The minimum absolute atomic E-state index is 0. The zero-order valence-corrected chi connectivity index (χ0v) is 22.4. The molecule has 7 aromatic rings. The minimum atomic E-state index is 0. The first kappa shape index (κ1) is 24.0. The largest absolute Gasteiger partial charge is 0.305 e. The topological polar surface area (TPSA) is 25.8 Å². The van der Waals surface area contributed by atoms with Crippen molar-refractivity contribution in [1.82, 2.24) is 9.97 Å². The molecular weight excluding hydrogens is 637 g/mol. The molecule has 0 fully saturated rings. The van der Waals surface area contributed by atoms with Crippen molar-refractivity contribution >= 4 is 42.4 Å². The Bertz CT molecular complexity index is 1690. The van der Waals surface area contributed by atoms with E-state index < -0.39 is 0 Å². The predicted molar refractivity (Wildman–Crippen MR) is 147 cm³/mol. The Morgan fingerprint density at radius 3 is 2.00 bits per heavy atom. The molecule has 3 aromatic heterocycles. The van der Waals surface area contributed by atoms with E-state index in [4.69, 9.17) is 4.98 Å². The maximum atomic E-state index is 4.95. The normalized spacial score (nSPS) is 10.6. The number of pyridine rings is 2. The molecule has 3 heterocycles. The molecule has 0 aliphatic heterocycles. The van der Waals surface area contributed by atoms with Crippen LogP contribution in [0.4, 0.5) is 0 Å². The SMILES string of the molecule is [Ir].[c-]1ccccc1-c1ccccn1.[c-]1ccccc1-c1nc2ccccc2c2c1sc1ccccc12. The molecule has 7 rings (SSSR count). The summed E-state index contributed by atoms with van der Waals surface area (Å²) in [6.45, 7) is 0. The number of thiophene rings is 1. The summed E-state index contributed by atoms with van der Waals surface area (Å²) < 4.78 is 2.55. The first-order valence-corrected chi connectivity index (χ1v) is 12.3. The number of rotatable bonds is 2. The van der Waals surface area contributed by atoms with Gasteiger partial charge in [-0.15, -0.1) is 83.1 Å². The first-order chi connectivity index (χ1) is 17.4.